The van der Waals surface area contributed by atoms with Crippen LogP contribution in [0, 0.1) is 31.1 Å². The smallest absolute Gasteiger partial charge is 0.122 e. The molecule has 0 spiro atoms. The highest BCUT2D eigenvalue weighted by molar-refractivity contribution is 5.44. The molecule has 92 valence electrons. The van der Waals surface area contributed by atoms with Gasteiger partial charge in [0.15, 0.2) is 0 Å². The van der Waals surface area contributed by atoms with Gasteiger partial charge in [-0.15, -0.1) is 0 Å². The average molecular weight is 231 g/mol. The van der Waals surface area contributed by atoms with Gasteiger partial charge >= 0.3 is 0 Å². The zero-order valence-corrected chi connectivity index (χ0v) is 11.4. The van der Waals surface area contributed by atoms with Crippen LogP contribution >= 0.6 is 0 Å². The predicted molar refractivity (Wildman–Crippen MR) is 70.3 cm³/mol. The first-order valence-corrected chi connectivity index (χ1v) is 6.14. The Hall–Kier alpha value is -1.49. The van der Waals surface area contributed by atoms with Crippen LogP contribution in [-0.4, -0.2) is 6.61 Å². The Kier molecular flexibility index (Phi) is 4.57. The van der Waals surface area contributed by atoms with Gasteiger partial charge in [-0.1, -0.05) is 19.9 Å². The molecule has 0 aliphatic carbocycles. The summed E-state index contributed by atoms with van der Waals surface area (Å²) < 4.78 is 5.56. The molecule has 1 rings (SSSR count). The van der Waals surface area contributed by atoms with Crippen LogP contribution in [0.5, 0.6) is 5.75 Å². The third-order valence-electron chi connectivity index (χ3n) is 3.00. The number of nitrogens with zero attached hydrogens (tertiary/aromatic N) is 1. The number of nitriles is 1. The van der Waals surface area contributed by atoms with Crippen LogP contribution in [0.25, 0.3) is 0 Å². The molecule has 0 radical (unpaired) electrons. The Labute approximate surface area is 104 Å². The van der Waals surface area contributed by atoms with E-state index in [1.54, 1.807) is 0 Å². The number of aryl methyl sites for hydroxylation is 2. The fraction of sp³-hybridized carbons (Fsp3) is 0.533. The maximum absolute atomic E-state index is 9.26. The Bertz CT molecular complexity index is 429. The van der Waals surface area contributed by atoms with E-state index >= 15 is 0 Å². The van der Waals surface area contributed by atoms with E-state index in [0.29, 0.717) is 12.5 Å². The van der Waals surface area contributed by atoms with E-state index in [2.05, 4.69) is 26.0 Å². The van der Waals surface area contributed by atoms with Gasteiger partial charge in [-0.3, -0.25) is 0 Å². The largest absolute Gasteiger partial charge is 0.494 e. The molecule has 17 heavy (non-hydrogen) atoms. The molecule has 0 amide bonds. The molecule has 0 aliphatic rings. The molecular weight excluding hydrogens is 210 g/mol. The third kappa shape index (κ3) is 3.00. The van der Waals surface area contributed by atoms with Crippen molar-refractivity contribution in [3.8, 4) is 11.8 Å². The Morgan fingerprint density at radius 1 is 1.24 bits per heavy atom. The van der Waals surface area contributed by atoms with Gasteiger partial charge in [0.2, 0.25) is 0 Å². The second-order valence-corrected chi connectivity index (χ2v) is 4.76. The monoisotopic (exact) mass is 231 g/mol. The van der Waals surface area contributed by atoms with Gasteiger partial charge in [-0.2, -0.15) is 5.26 Å². The van der Waals surface area contributed by atoms with Gasteiger partial charge in [0.25, 0.3) is 0 Å². The highest BCUT2D eigenvalue weighted by Gasteiger charge is 2.18. The molecule has 0 aliphatic heterocycles. The first-order chi connectivity index (χ1) is 8.01. The number of ether oxygens (including phenoxy) is 1. The summed E-state index contributed by atoms with van der Waals surface area (Å²) in [6, 6.07) is 6.53. The van der Waals surface area contributed by atoms with Gasteiger partial charge in [0.1, 0.15) is 5.75 Å². The molecule has 0 N–H and O–H groups in total. The van der Waals surface area contributed by atoms with Crippen molar-refractivity contribution in [2.45, 2.75) is 40.5 Å². The molecule has 1 aromatic rings. The Morgan fingerprint density at radius 3 is 2.35 bits per heavy atom. The Balaban J connectivity index is 3.19. The van der Waals surface area contributed by atoms with Crippen LogP contribution in [0.3, 0.4) is 0 Å². The quantitative estimate of drug-likeness (QED) is 0.785. The van der Waals surface area contributed by atoms with Gasteiger partial charge in [0.05, 0.1) is 18.6 Å². The Morgan fingerprint density at radius 2 is 1.88 bits per heavy atom. The van der Waals surface area contributed by atoms with E-state index in [-0.39, 0.29) is 5.92 Å². The van der Waals surface area contributed by atoms with E-state index in [4.69, 9.17) is 4.74 Å². The molecule has 2 heteroatoms. The molecule has 0 saturated heterocycles. The summed E-state index contributed by atoms with van der Waals surface area (Å²) in [7, 11) is 0. The zero-order chi connectivity index (χ0) is 13.0. The standard InChI is InChI=1S/C15H21NO/c1-6-17-15-8-11(4)13(7-12(15)5)14(9-16)10(2)3/h7-8,10,14H,6H2,1-5H3. The summed E-state index contributed by atoms with van der Waals surface area (Å²) in [6.45, 7) is 10.9. The van der Waals surface area contributed by atoms with Gasteiger partial charge in [0, 0.05) is 0 Å². The van der Waals surface area contributed by atoms with Crippen molar-refractivity contribution in [1.82, 2.24) is 0 Å². The van der Waals surface area contributed by atoms with Crippen molar-refractivity contribution in [1.29, 1.82) is 5.26 Å². The van der Waals surface area contributed by atoms with Crippen LogP contribution in [0.15, 0.2) is 12.1 Å². The SMILES string of the molecule is CCOc1cc(C)c(C(C#N)C(C)C)cc1C. The lowest BCUT2D eigenvalue weighted by molar-refractivity contribution is 0.337. The molecule has 0 bridgehead atoms. The van der Waals surface area contributed by atoms with E-state index in [1.165, 1.54) is 0 Å². The van der Waals surface area contributed by atoms with Crippen molar-refractivity contribution in [2.24, 2.45) is 5.92 Å². The lowest BCUT2D eigenvalue weighted by Gasteiger charge is -2.18. The first-order valence-electron chi connectivity index (χ1n) is 6.14. The minimum atomic E-state index is -0.0376. The number of hydrogen-bond acceptors (Lipinski definition) is 2. The van der Waals surface area contributed by atoms with E-state index < -0.39 is 0 Å². The van der Waals surface area contributed by atoms with Crippen molar-refractivity contribution in [3.05, 3.63) is 28.8 Å². The van der Waals surface area contributed by atoms with Crippen LogP contribution in [0.2, 0.25) is 0 Å². The second kappa shape index (κ2) is 5.72. The third-order valence-corrected chi connectivity index (χ3v) is 3.00. The fourth-order valence-electron chi connectivity index (χ4n) is 2.04. The van der Waals surface area contributed by atoms with Crippen LogP contribution in [0.1, 0.15) is 43.4 Å². The highest BCUT2D eigenvalue weighted by atomic mass is 16.5. The number of benzene rings is 1. The minimum absolute atomic E-state index is 0.0376. The summed E-state index contributed by atoms with van der Waals surface area (Å²) in [5, 5.41) is 9.26. The number of hydrogen-bond donors (Lipinski definition) is 0. The summed E-state index contributed by atoms with van der Waals surface area (Å²) in [6.07, 6.45) is 0. The summed E-state index contributed by atoms with van der Waals surface area (Å²) in [5.41, 5.74) is 3.37. The lowest BCUT2D eigenvalue weighted by Crippen LogP contribution is -2.07. The van der Waals surface area contributed by atoms with Crippen molar-refractivity contribution >= 4 is 0 Å². The summed E-state index contributed by atoms with van der Waals surface area (Å²) >= 11 is 0. The van der Waals surface area contributed by atoms with Crippen molar-refractivity contribution in [2.75, 3.05) is 6.61 Å². The average Bonchev–Trinajstić information content (AvgIpc) is 2.25. The summed E-state index contributed by atoms with van der Waals surface area (Å²) in [4.78, 5) is 0. The molecule has 1 unspecified atom stereocenters. The van der Waals surface area contributed by atoms with Gasteiger partial charge in [-0.25, -0.2) is 0 Å². The zero-order valence-electron chi connectivity index (χ0n) is 11.4. The topological polar surface area (TPSA) is 33.0 Å². The van der Waals surface area contributed by atoms with Gasteiger partial charge in [-0.05, 0) is 49.4 Å². The summed E-state index contributed by atoms with van der Waals surface area (Å²) in [5.74, 6) is 1.22. The lowest BCUT2D eigenvalue weighted by atomic mass is 9.86. The maximum Gasteiger partial charge on any atom is 0.122 e. The van der Waals surface area contributed by atoms with Gasteiger partial charge < -0.3 is 4.74 Å². The molecule has 0 fully saturated rings. The molecule has 1 aromatic carbocycles. The maximum atomic E-state index is 9.26. The first kappa shape index (κ1) is 13.6. The predicted octanol–water partition coefficient (Wildman–Crippen LogP) is 3.97. The molecule has 0 aromatic heterocycles. The van der Waals surface area contributed by atoms with E-state index in [0.717, 1.165) is 22.4 Å². The molecule has 1 atom stereocenters. The highest BCUT2D eigenvalue weighted by Crippen LogP contribution is 2.31. The minimum Gasteiger partial charge on any atom is -0.494 e. The molecular formula is C15H21NO. The molecule has 2 nitrogen and oxygen atoms in total. The number of rotatable bonds is 4. The fourth-order valence-corrected chi connectivity index (χ4v) is 2.04. The van der Waals surface area contributed by atoms with E-state index in [1.807, 2.05) is 26.8 Å². The molecule has 0 saturated carbocycles. The van der Waals surface area contributed by atoms with Crippen molar-refractivity contribution < 1.29 is 4.74 Å². The van der Waals surface area contributed by atoms with Crippen LogP contribution in [0.4, 0.5) is 0 Å². The van der Waals surface area contributed by atoms with Crippen LogP contribution < -0.4 is 4.74 Å². The van der Waals surface area contributed by atoms with Crippen LogP contribution in [-0.2, 0) is 0 Å². The van der Waals surface area contributed by atoms with E-state index in [9.17, 15) is 5.26 Å². The van der Waals surface area contributed by atoms with Crippen molar-refractivity contribution in [3.63, 3.8) is 0 Å². The molecule has 0 heterocycles. The second-order valence-electron chi connectivity index (χ2n) is 4.76. The normalized spacial score (nSPS) is 12.3.